The molecule has 0 aliphatic carbocycles. The zero-order chi connectivity index (χ0) is 14.6. The topological polar surface area (TPSA) is 89.4 Å². The average Bonchev–Trinajstić information content (AvgIpc) is 2.38. The zero-order valence-electron chi connectivity index (χ0n) is 11.6. The minimum Gasteiger partial charge on any atom is -0.461 e. The number of rotatable bonds is 5. The molecule has 1 aromatic rings. The highest BCUT2D eigenvalue weighted by Gasteiger charge is 2.33. The Balaban J connectivity index is 2.16. The van der Waals surface area contributed by atoms with Gasteiger partial charge in [-0.2, -0.15) is 15.0 Å². The number of hydrogen-bond acceptors (Lipinski definition) is 7. The first-order valence-corrected chi connectivity index (χ1v) is 6.96. The molecule has 1 aliphatic heterocycles. The molecular formula is C12H19ClN4O3. The fraction of sp³-hybridized carbons (Fsp3) is 0.750. The molecule has 1 aliphatic rings. The van der Waals surface area contributed by atoms with E-state index in [4.69, 9.17) is 21.1 Å². The molecule has 8 heteroatoms. The van der Waals surface area contributed by atoms with Crippen molar-refractivity contribution in [2.45, 2.75) is 38.3 Å². The van der Waals surface area contributed by atoms with E-state index >= 15 is 0 Å². The van der Waals surface area contributed by atoms with Crippen LogP contribution in [0, 0.1) is 0 Å². The molecule has 20 heavy (non-hydrogen) atoms. The summed E-state index contributed by atoms with van der Waals surface area (Å²) in [7, 11) is 0. The molecule has 112 valence electrons. The number of nitrogens with zero attached hydrogens (tertiary/aromatic N) is 3. The summed E-state index contributed by atoms with van der Waals surface area (Å²) in [6.45, 7) is 4.89. The lowest BCUT2D eigenvalue weighted by Gasteiger charge is -2.36. The minimum atomic E-state index is -0.488. The van der Waals surface area contributed by atoms with Gasteiger partial charge in [-0.15, -0.1) is 0 Å². The Morgan fingerprint density at radius 1 is 1.35 bits per heavy atom. The second-order valence-electron chi connectivity index (χ2n) is 5.05. The van der Waals surface area contributed by atoms with E-state index in [1.165, 1.54) is 0 Å². The van der Waals surface area contributed by atoms with Gasteiger partial charge in [0.2, 0.25) is 11.2 Å². The van der Waals surface area contributed by atoms with Crippen molar-refractivity contribution in [3.05, 3.63) is 5.28 Å². The summed E-state index contributed by atoms with van der Waals surface area (Å²) in [5.41, 5.74) is -0.488. The van der Waals surface area contributed by atoms with Crippen LogP contribution in [0.2, 0.25) is 5.28 Å². The summed E-state index contributed by atoms with van der Waals surface area (Å²) in [5.74, 6) is 0.302. The van der Waals surface area contributed by atoms with Crippen LogP contribution in [0.1, 0.15) is 26.7 Å². The second-order valence-corrected chi connectivity index (χ2v) is 5.39. The van der Waals surface area contributed by atoms with Crippen LogP contribution < -0.4 is 10.1 Å². The third-order valence-corrected chi connectivity index (χ3v) is 3.23. The first kappa shape index (κ1) is 15.2. The predicted octanol–water partition coefficient (Wildman–Crippen LogP) is 1.27. The highest BCUT2D eigenvalue weighted by molar-refractivity contribution is 6.28. The maximum absolute atomic E-state index is 9.63. The van der Waals surface area contributed by atoms with E-state index in [0.29, 0.717) is 32.0 Å². The van der Waals surface area contributed by atoms with E-state index in [0.717, 1.165) is 0 Å². The quantitative estimate of drug-likeness (QED) is 0.846. The summed E-state index contributed by atoms with van der Waals surface area (Å²) >= 11 is 5.87. The highest BCUT2D eigenvalue weighted by Crippen LogP contribution is 2.25. The van der Waals surface area contributed by atoms with Crippen LogP contribution in [-0.2, 0) is 4.74 Å². The Kier molecular flexibility index (Phi) is 4.95. The van der Waals surface area contributed by atoms with E-state index < -0.39 is 5.54 Å². The summed E-state index contributed by atoms with van der Waals surface area (Å²) in [6, 6.07) is 0.169. The van der Waals surface area contributed by atoms with Crippen molar-refractivity contribution in [1.29, 1.82) is 0 Å². The molecule has 0 unspecified atom stereocenters. The molecule has 0 radical (unpaired) electrons. The SMILES string of the molecule is CC(C)Oc1nc(Cl)nc(NC2(CO)CCOCC2)n1. The Morgan fingerprint density at radius 3 is 2.65 bits per heavy atom. The molecule has 1 saturated heterocycles. The second kappa shape index (κ2) is 6.51. The monoisotopic (exact) mass is 302 g/mol. The first-order valence-electron chi connectivity index (χ1n) is 6.58. The number of halogens is 1. The molecule has 0 bridgehead atoms. The fourth-order valence-electron chi connectivity index (χ4n) is 1.97. The van der Waals surface area contributed by atoms with Gasteiger partial charge in [0, 0.05) is 13.2 Å². The molecule has 1 fully saturated rings. The summed E-state index contributed by atoms with van der Waals surface area (Å²) in [6.07, 6.45) is 1.29. The normalized spacial score (nSPS) is 18.1. The van der Waals surface area contributed by atoms with Gasteiger partial charge >= 0.3 is 6.01 Å². The predicted molar refractivity (Wildman–Crippen MR) is 74.1 cm³/mol. The molecule has 0 amide bonds. The maximum Gasteiger partial charge on any atom is 0.322 e. The molecule has 0 atom stereocenters. The third-order valence-electron chi connectivity index (χ3n) is 3.06. The lowest BCUT2D eigenvalue weighted by molar-refractivity contribution is 0.0376. The van der Waals surface area contributed by atoms with Gasteiger partial charge in [-0.3, -0.25) is 0 Å². The maximum atomic E-state index is 9.63. The number of hydrogen-bond donors (Lipinski definition) is 2. The third kappa shape index (κ3) is 3.91. The van der Waals surface area contributed by atoms with E-state index in [-0.39, 0.29) is 24.0 Å². The Hall–Kier alpha value is -1.18. The standard InChI is InChI=1S/C12H19ClN4O3/c1-8(2)20-11-15-9(13)14-10(16-11)17-12(7-18)3-5-19-6-4-12/h8,18H,3-7H2,1-2H3,(H,14,15,16,17). The van der Waals surface area contributed by atoms with Crippen molar-refractivity contribution in [2.75, 3.05) is 25.1 Å². The van der Waals surface area contributed by atoms with Crippen LogP contribution in [-0.4, -0.2) is 51.5 Å². The van der Waals surface area contributed by atoms with Crippen LogP contribution in [0.15, 0.2) is 0 Å². The number of aliphatic hydroxyl groups excluding tert-OH is 1. The summed E-state index contributed by atoms with van der Waals surface area (Å²) in [4.78, 5) is 12.1. The van der Waals surface area contributed by atoms with Gasteiger partial charge in [0.05, 0.1) is 18.2 Å². The van der Waals surface area contributed by atoms with Gasteiger partial charge in [-0.25, -0.2) is 0 Å². The van der Waals surface area contributed by atoms with Crippen molar-refractivity contribution in [3.63, 3.8) is 0 Å². The molecule has 2 N–H and O–H groups in total. The lowest BCUT2D eigenvalue weighted by atomic mass is 9.91. The van der Waals surface area contributed by atoms with Crippen molar-refractivity contribution in [2.24, 2.45) is 0 Å². The molecule has 0 spiro atoms. The summed E-state index contributed by atoms with van der Waals surface area (Å²) < 4.78 is 10.7. The van der Waals surface area contributed by atoms with Gasteiger partial charge in [0.15, 0.2) is 0 Å². The largest absolute Gasteiger partial charge is 0.461 e. The smallest absolute Gasteiger partial charge is 0.322 e. The fourth-order valence-corrected chi connectivity index (χ4v) is 2.13. The Morgan fingerprint density at radius 2 is 2.05 bits per heavy atom. The van der Waals surface area contributed by atoms with Crippen molar-refractivity contribution in [1.82, 2.24) is 15.0 Å². The molecule has 2 heterocycles. The number of ether oxygens (including phenoxy) is 2. The first-order chi connectivity index (χ1) is 9.53. The van der Waals surface area contributed by atoms with Crippen LogP contribution >= 0.6 is 11.6 Å². The molecule has 0 aromatic carbocycles. The molecule has 2 rings (SSSR count). The zero-order valence-corrected chi connectivity index (χ0v) is 12.4. The highest BCUT2D eigenvalue weighted by atomic mass is 35.5. The number of nitrogens with one attached hydrogen (secondary N) is 1. The lowest BCUT2D eigenvalue weighted by Crippen LogP contribution is -2.47. The molecule has 7 nitrogen and oxygen atoms in total. The Labute approximate surface area is 122 Å². The van der Waals surface area contributed by atoms with Crippen LogP contribution in [0.3, 0.4) is 0 Å². The minimum absolute atomic E-state index is 0.0277. The van der Waals surface area contributed by atoms with Gasteiger partial charge in [0.1, 0.15) is 0 Å². The van der Waals surface area contributed by atoms with E-state index in [1.54, 1.807) is 0 Å². The Bertz CT molecular complexity index is 452. The van der Waals surface area contributed by atoms with Crippen LogP contribution in [0.5, 0.6) is 6.01 Å². The van der Waals surface area contributed by atoms with Crippen molar-refractivity contribution < 1.29 is 14.6 Å². The van der Waals surface area contributed by atoms with Gasteiger partial charge in [-0.1, -0.05) is 0 Å². The van der Waals surface area contributed by atoms with Crippen LogP contribution in [0.4, 0.5) is 5.95 Å². The van der Waals surface area contributed by atoms with Crippen LogP contribution in [0.25, 0.3) is 0 Å². The van der Waals surface area contributed by atoms with Gasteiger partial charge in [0.25, 0.3) is 0 Å². The van der Waals surface area contributed by atoms with E-state index in [1.807, 2.05) is 13.8 Å². The average molecular weight is 303 g/mol. The summed E-state index contributed by atoms with van der Waals surface area (Å²) in [5, 5.41) is 12.8. The van der Waals surface area contributed by atoms with Crippen molar-refractivity contribution in [3.8, 4) is 6.01 Å². The number of anilines is 1. The molecular weight excluding hydrogens is 284 g/mol. The number of aromatic nitrogens is 3. The van der Waals surface area contributed by atoms with E-state index in [9.17, 15) is 5.11 Å². The van der Waals surface area contributed by atoms with E-state index in [2.05, 4.69) is 20.3 Å². The van der Waals surface area contributed by atoms with Gasteiger partial charge < -0.3 is 19.9 Å². The van der Waals surface area contributed by atoms with Gasteiger partial charge in [-0.05, 0) is 38.3 Å². The molecule has 1 aromatic heterocycles. The number of aliphatic hydroxyl groups is 1. The van der Waals surface area contributed by atoms with Crippen molar-refractivity contribution >= 4 is 17.5 Å². The molecule has 0 saturated carbocycles.